The lowest BCUT2D eigenvalue weighted by Crippen LogP contribution is -2.18. The summed E-state index contributed by atoms with van der Waals surface area (Å²) in [5, 5.41) is 3.94. The maximum atomic E-state index is 12.3. The second-order valence-electron chi connectivity index (χ2n) is 4.37. The minimum atomic E-state index is -3.69. The number of aryl methyl sites for hydroxylation is 2. The zero-order chi connectivity index (χ0) is 14.2. The summed E-state index contributed by atoms with van der Waals surface area (Å²) in [4.78, 5) is 0. The van der Waals surface area contributed by atoms with Crippen LogP contribution in [0.15, 0.2) is 29.4 Å². The summed E-state index contributed by atoms with van der Waals surface area (Å²) in [6.07, 6.45) is 1.43. The third kappa shape index (κ3) is 2.41. The predicted octanol–water partition coefficient (Wildman–Crippen LogP) is 1.42. The predicted molar refractivity (Wildman–Crippen MR) is 74.3 cm³/mol. The van der Waals surface area contributed by atoms with Crippen molar-refractivity contribution >= 4 is 21.4 Å². The third-order valence-electron chi connectivity index (χ3n) is 3.06. The van der Waals surface area contributed by atoms with Gasteiger partial charge in [-0.05, 0) is 37.1 Å². The number of hydrogen-bond acceptors (Lipinski definition) is 4. The zero-order valence-corrected chi connectivity index (χ0v) is 11.8. The van der Waals surface area contributed by atoms with Gasteiger partial charge in [0.05, 0.1) is 17.6 Å². The highest BCUT2D eigenvalue weighted by molar-refractivity contribution is 7.92. The van der Waals surface area contributed by atoms with Crippen LogP contribution in [-0.4, -0.2) is 18.2 Å². The van der Waals surface area contributed by atoms with Crippen LogP contribution in [0.4, 0.5) is 11.4 Å². The van der Waals surface area contributed by atoms with Crippen molar-refractivity contribution < 1.29 is 8.42 Å². The average molecular weight is 280 g/mol. The van der Waals surface area contributed by atoms with E-state index in [4.69, 9.17) is 5.73 Å². The number of sulfonamides is 1. The van der Waals surface area contributed by atoms with E-state index >= 15 is 0 Å². The summed E-state index contributed by atoms with van der Waals surface area (Å²) in [6.45, 7) is 3.73. The van der Waals surface area contributed by atoms with Crippen LogP contribution in [-0.2, 0) is 17.1 Å². The number of nitrogens with two attached hydrogens (primary N) is 1. The molecule has 0 saturated carbocycles. The fraction of sp³-hybridized carbons (Fsp3) is 0.250. The molecule has 0 saturated heterocycles. The second-order valence-corrected chi connectivity index (χ2v) is 6.00. The summed E-state index contributed by atoms with van der Waals surface area (Å²) < 4.78 is 28.4. The molecular weight excluding hydrogens is 264 g/mol. The Morgan fingerprint density at radius 2 is 1.95 bits per heavy atom. The summed E-state index contributed by atoms with van der Waals surface area (Å²) in [5.41, 5.74) is 8.43. The minimum absolute atomic E-state index is 0.0906. The molecular formula is C12H16N4O2S. The van der Waals surface area contributed by atoms with E-state index in [0.717, 1.165) is 11.1 Å². The van der Waals surface area contributed by atoms with Crippen molar-refractivity contribution in [2.24, 2.45) is 7.05 Å². The maximum absolute atomic E-state index is 12.3. The molecule has 19 heavy (non-hydrogen) atoms. The van der Waals surface area contributed by atoms with E-state index in [1.807, 2.05) is 19.9 Å². The number of nitrogens with zero attached hydrogens (tertiary/aromatic N) is 2. The van der Waals surface area contributed by atoms with Crippen LogP contribution in [0.2, 0.25) is 0 Å². The van der Waals surface area contributed by atoms with E-state index in [9.17, 15) is 8.42 Å². The van der Waals surface area contributed by atoms with Gasteiger partial charge < -0.3 is 5.73 Å². The molecule has 0 atom stereocenters. The van der Waals surface area contributed by atoms with Crippen LogP contribution >= 0.6 is 0 Å². The molecule has 1 aromatic carbocycles. The number of rotatable bonds is 3. The Labute approximate surface area is 112 Å². The van der Waals surface area contributed by atoms with Gasteiger partial charge in [-0.3, -0.25) is 9.40 Å². The van der Waals surface area contributed by atoms with E-state index in [1.54, 1.807) is 13.1 Å². The van der Waals surface area contributed by atoms with Gasteiger partial charge in [-0.15, -0.1) is 0 Å². The van der Waals surface area contributed by atoms with Gasteiger partial charge in [0.15, 0.2) is 5.03 Å². The first kappa shape index (κ1) is 13.4. The number of nitrogens with one attached hydrogen (secondary N) is 1. The molecule has 1 heterocycles. The van der Waals surface area contributed by atoms with Crippen LogP contribution in [0.25, 0.3) is 0 Å². The molecule has 0 aliphatic carbocycles. The van der Waals surface area contributed by atoms with E-state index in [2.05, 4.69) is 9.82 Å². The van der Waals surface area contributed by atoms with Crippen molar-refractivity contribution in [3.63, 3.8) is 0 Å². The topological polar surface area (TPSA) is 90.0 Å². The van der Waals surface area contributed by atoms with Crippen LogP contribution < -0.4 is 10.5 Å². The van der Waals surface area contributed by atoms with Gasteiger partial charge in [-0.1, -0.05) is 6.07 Å². The molecule has 102 valence electrons. The Morgan fingerprint density at radius 3 is 2.53 bits per heavy atom. The summed E-state index contributed by atoms with van der Waals surface area (Å²) in [5.74, 6) is 0. The Bertz CT molecular complexity index is 719. The van der Waals surface area contributed by atoms with Crippen LogP contribution in [0.3, 0.4) is 0 Å². The molecule has 0 aliphatic heterocycles. The van der Waals surface area contributed by atoms with Crippen LogP contribution in [0.5, 0.6) is 0 Å². The molecule has 2 rings (SSSR count). The van der Waals surface area contributed by atoms with Crippen molar-refractivity contribution in [3.05, 3.63) is 35.5 Å². The second kappa shape index (κ2) is 4.58. The highest BCUT2D eigenvalue weighted by Crippen LogP contribution is 2.28. The Kier molecular flexibility index (Phi) is 3.23. The molecule has 0 bridgehead atoms. The maximum Gasteiger partial charge on any atom is 0.279 e. The van der Waals surface area contributed by atoms with Gasteiger partial charge in [0, 0.05) is 7.05 Å². The number of anilines is 2. The molecule has 0 amide bonds. The van der Waals surface area contributed by atoms with E-state index in [1.165, 1.54) is 16.9 Å². The number of benzene rings is 1. The van der Waals surface area contributed by atoms with Gasteiger partial charge in [-0.2, -0.15) is 13.5 Å². The quantitative estimate of drug-likeness (QED) is 0.832. The van der Waals surface area contributed by atoms with Crippen molar-refractivity contribution in [1.82, 2.24) is 9.78 Å². The average Bonchev–Trinajstić information content (AvgIpc) is 2.77. The normalized spacial score (nSPS) is 11.5. The number of aromatic nitrogens is 2. The van der Waals surface area contributed by atoms with Gasteiger partial charge >= 0.3 is 0 Å². The zero-order valence-electron chi connectivity index (χ0n) is 11.0. The number of nitrogen functional groups attached to an aromatic ring is 1. The highest BCUT2D eigenvalue weighted by Gasteiger charge is 2.20. The smallest absolute Gasteiger partial charge is 0.279 e. The molecule has 7 heteroatoms. The Morgan fingerprint density at radius 1 is 1.26 bits per heavy atom. The summed E-state index contributed by atoms with van der Waals surface area (Å²) in [7, 11) is -2.12. The van der Waals surface area contributed by atoms with Crippen molar-refractivity contribution in [2.45, 2.75) is 18.9 Å². The fourth-order valence-electron chi connectivity index (χ4n) is 1.78. The lowest BCUT2D eigenvalue weighted by atomic mass is 10.1. The molecule has 0 spiro atoms. The van der Waals surface area contributed by atoms with Crippen molar-refractivity contribution in [2.75, 3.05) is 10.5 Å². The van der Waals surface area contributed by atoms with Gasteiger partial charge in [-0.25, -0.2) is 0 Å². The third-order valence-corrected chi connectivity index (χ3v) is 4.48. The standard InChI is InChI=1S/C12H16N4O2S/c1-8-4-5-10(13)12(9(8)2)15-19(17,18)11-6-7-14-16(11)3/h4-7,15H,13H2,1-3H3. The molecule has 0 unspecified atom stereocenters. The van der Waals surface area contributed by atoms with Crippen LogP contribution in [0.1, 0.15) is 11.1 Å². The number of hydrogen-bond donors (Lipinski definition) is 2. The van der Waals surface area contributed by atoms with Gasteiger partial charge in [0.1, 0.15) is 0 Å². The van der Waals surface area contributed by atoms with E-state index in [0.29, 0.717) is 11.4 Å². The highest BCUT2D eigenvalue weighted by atomic mass is 32.2. The first-order chi connectivity index (χ1) is 8.83. The Hall–Kier alpha value is -2.02. The van der Waals surface area contributed by atoms with Crippen molar-refractivity contribution in [3.8, 4) is 0 Å². The summed E-state index contributed by atoms with van der Waals surface area (Å²) >= 11 is 0. The lowest BCUT2D eigenvalue weighted by molar-refractivity contribution is 0.582. The SMILES string of the molecule is Cc1ccc(N)c(NS(=O)(=O)c2ccnn2C)c1C. The molecule has 3 N–H and O–H groups in total. The molecule has 0 aliphatic rings. The summed E-state index contributed by atoms with van der Waals surface area (Å²) in [6, 6.07) is 4.97. The molecule has 0 fully saturated rings. The van der Waals surface area contributed by atoms with E-state index < -0.39 is 10.0 Å². The van der Waals surface area contributed by atoms with Crippen molar-refractivity contribution in [1.29, 1.82) is 0 Å². The van der Waals surface area contributed by atoms with Gasteiger partial charge in [0.2, 0.25) is 0 Å². The van der Waals surface area contributed by atoms with Gasteiger partial charge in [0.25, 0.3) is 10.0 Å². The molecule has 0 radical (unpaired) electrons. The minimum Gasteiger partial charge on any atom is -0.397 e. The van der Waals surface area contributed by atoms with Crippen LogP contribution in [0, 0.1) is 13.8 Å². The van der Waals surface area contributed by atoms with E-state index in [-0.39, 0.29) is 5.03 Å². The first-order valence-corrected chi connectivity index (χ1v) is 7.18. The molecule has 2 aromatic rings. The lowest BCUT2D eigenvalue weighted by Gasteiger charge is -2.14. The molecule has 1 aromatic heterocycles. The fourth-order valence-corrected chi connectivity index (χ4v) is 3.06. The largest absolute Gasteiger partial charge is 0.397 e. The Balaban J connectivity index is 2.48. The first-order valence-electron chi connectivity index (χ1n) is 5.69. The molecule has 6 nitrogen and oxygen atoms in total. The monoisotopic (exact) mass is 280 g/mol.